The molecule has 1 unspecified atom stereocenters. The summed E-state index contributed by atoms with van der Waals surface area (Å²) in [4.78, 5) is 29.1. The van der Waals surface area contributed by atoms with Crippen LogP contribution in [0.15, 0.2) is 18.3 Å². The van der Waals surface area contributed by atoms with Crippen LogP contribution in [-0.4, -0.2) is 35.4 Å². The first-order valence-electron chi connectivity index (χ1n) is 5.87. The molecule has 0 aliphatic carbocycles. The Bertz CT molecular complexity index is 456. The number of ether oxygens (including phenoxy) is 1. The molecule has 0 spiro atoms. The zero-order chi connectivity index (χ0) is 13.1. The lowest BCUT2D eigenvalue weighted by Crippen LogP contribution is -2.26. The van der Waals surface area contributed by atoms with Gasteiger partial charge in [0.25, 0.3) is 0 Å². The number of carbonyl (C=O) groups is 2. The molecule has 1 aliphatic heterocycles. The zero-order valence-electron chi connectivity index (χ0n) is 10.5. The van der Waals surface area contributed by atoms with Gasteiger partial charge in [0.15, 0.2) is 0 Å². The van der Waals surface area contributed by atoms with Gasteiger partial charge in [0.1, 0.15) is 0 Å². The Balaban J connectivity index is 2.00. The maximum absolute atomic E-state index is 11.8. The van der Waals surface area contributed by atoms with Crippen molar-refractivity contribution in [1.82, 2.24) is 9.88 Å². The number of esters is 1. The van der Waals surface area contributed by atoms with Crippen molar-refractivity contribution in [2.45, 2.75) is 19.9 Å². The topological polar surface area (TPSA) is 59.5 Å². The lowest BCUT2D eigenvalue weighted by molar-refractivity contribution is -0.145. The van der Waals surface area contributed by atoms with Crippen LogP contribution in [0.4, 0.5) is 0 Å². The standard InChI is InChI=1S/C13H16N2O3/c1-9-3-4-11(14-6-9)8-15-7-10(5-12(15)16)13(17)18-2/h3-4,6,10H,5,7-8H2,1-2H3. The fourth-order valence-corrected chi connectivity index (χ4v) is 2.04. The quantitative estimate of drug-likeness (QED) is 0.746. The second-order valence-corrected chi connectivity index (χ2v) is 4.53. The summed E-state index contributed by atoms with van der Waals surface area (Å²) in [5.41, 5.74) is 1.92. The Kier molecular flexibility index (Phi) is 3.60. The molecule has 18 heavy (non-hydrogen) atoms. The lowest BCUT2D eigenvalue weighted by Gasteiger charge is -2.15. The fraction of sp³-hybridized carbons (Fsp3) is 0.462. The molecule has 0 bridgehead atoms. The molecule has 2 heterocycles. The molecule has 1 aromatic rings. The van der Waals surface area contributed by atoms with Crippen molar-refractivity contribution in [2.75, 3.05) is 13.7 Å². The zero-order valence-corrected chi connectivity index (χ0v) is 10.5. The smallest absolute Gasteiger partial charge is 0.310 e. The summed E-state index contributed by atoms with van der Waals surface area (Å²) in [6.45, 7) is 2.83. The van der Waals surface area contributed by atoms with E-state index in [0.717, 1.165) is 11.3 Å². The molecule has 1 fully saturated rings. The number of amides is 1. The maximum Gasteiger partial charge on any atom is 0.310 e. The maximum atomic E-state index is 11.8. The van der Waals surface area contributed by atoms with Crippen molar-refractivity contribution >= 4 is 11.9 Å². The van der Waals surface area contributed by atoms with Crippen molar-refractivity contribution in [3.63, 3.8) is 0 Å². The predicted octanol–water partition coefficient (Wildman–Crippen LogP) is 0.912. The van der Waals surface area contributed by atoms with Gasteiger partial charge in [-0.3, -0.25) is 14.6 Å². The Morgan fingerprint density at radius 2 is 2.33 bits per heavy atom. The molecule has 5 heteroatoms. The molecule has 2 rings (SSSR count). The van der Waals surface area contributed by atoms with E-state index in [9.17, 15) is 9.59 Å². The van der Waals surface area contributed by atoms with Crippen LogP contribution in [0.2, 0.25) is 0 Å². The number of aryl methyl sites for hydroxylation is 1. The van der Waals surface area contributed by atoms with Gasteiger partial charge in [0.05, 0.1) is 25.3 Å². The minimum atomic E-state index is -0.340. The molecule has 5 nitrogen and oxygen atoms in total. The number of hydrogen-bond donors (Lipinski definition) is 0. The number of pyridine rings is 1. The molecule has 1 aromatic heterocycles. The van der Waals surface area contributed by atoms with Gasteiger partial charge in [-0.05, 0) is 18.6 Å². The summed E-state index contributed by atoms with van der Waals surface area (Å²) in [5.74, 6) is -0.677. The number of carbonyl (C=O) groups excluding carboxylic acids is 2. The molecule has 1 aliphatic rings. The highest BCUT2D eigenvalue weighted by Crippen LogP contribution is 2.20. The largest absolute Gasteiger partial charge is 0.469 e. The lowest BCUT2D eigenvalue weighted by atomic mass is 10.1. The predicted molar refractivity (Wildman–Crippen MR) is 64.5 cm³/mol. The Morgan fingerprint density at radius 3 is 2.94 bits per heavy atom. The number of rotatable bonds is 3. The first-order valence-corrected chi connectivity index (χ1v) is 5.87. The van der Waals surface area contributed by atoms with E-state index in [2.05, 4.69) is 9.72 Å². The van der Waals surface area contributed by atoms with Crippen molar-refractivity contribution in [1.29, 1.82) is 0 Å². The molecular weight excluding hydrogens is 232 g/mol. The highest BCUT2D eigenvalue weighted by Gasteiger charge is 2.34. The van der Waals surface area contributed by atoms with Crippen molar-refractivity contribution in [3.8, 4) is 0 Å². The van der Waals surface area contributed by atoms with Crippen LogP contribution in [-0.2, 0) is 20.9 Å². The summed E-state index contributed by atoms with van der Waals surface area (Å²) in [6.07, 6.45) is 2.01. The molecule has 0 radical (unpaired) electrons. The summed E-state index contributed by atoms with van der Waals surface area (Å²) in [5, 5.41) is 0. The third-order valence-corrected chi connectivity index (χ3v) is 3.07. The van der Waals surface area contributed by atoms with E-state index in [-0.39, 0.29) is 24.2 Å². The second-order valence-electron chi connectivity index (χ2n) is 4.53. The van der Waals surface area contributed by atoms with Crippen molar-refractivity contribution in [2.24, 2.45) is 5.92 Å². The van der Waals surface area contributed by atoms with Gasteiger partial charge in [-0.2, -0.15) is 0 Å². The van der Waals surface area contributed by atoms with Gasteiger partial charge < -0.3 is 9.64 Å². The average Bonchev–Trinajstić information content (AvgIpc) is 2.73. The summed E-state index contributed by atoms with van der Waals surface area (Å²) in [7, 11) is 1.34. The molecule has 0 N–H and O–H groups in total. The molecule has 1 amide bonds. The van der Waals surface area contributed by atoms with Gasteiger partial charge in [0.2, 0.25) is 5.91 Å². The van der Waals surface area contributed by atoms with Gasteiger partial charge >= 0.3 is 5.97 Å². The minimum absolute atomic E-state index is 0.0206. The number of hydrogen-bond acceptors (Lipinski definition) is 4. The van der Waals surface area contributed by atoms with Gasteiger partial charge in [-0.25, -0.2) is 0 Å². The Morgan fingerprint density at radius 1 is 1.56 bits per heavy atom. The van der Waals surface area contributed by atoms with Crippen LogP contribution in [0, 0.1) is 12.8 Å². The normalized spacial score (nSPS) is 19.1. The molecule has 1 atom stereocenters. The minimum Gasteiger partial charge on any atom is -0.469 e. The summed E-state index contributed by atoms with van der Waals surface area (Å²) in [6, 6.07) is 3.86. The van der Waals surface area contributed by atoms with Crippen LogP contribution in [0.3, 0.4) is 0 Å². The number of aromatic nitrogens is 1. The first kappa shape index (κ1) is 12.5. The van der Waals surface area contributed by atoms with E-state index >= 15 is 0 Å². The number of methoxy groups -OCH3 is 1. The highest BCUT2D eigenvalue weighted by atomic mass is 16.5. The van der Waals surface area contributed by atoms with Gasteiger partial charge in [-0.1, -0.05) is 6.07 Å². The molecule has 1 saturated heterocycles. The van der Waals surface area contributed by atoms with E-state index in [1.165, 1.54) is 7.11 Å². The second kappa shape index (κ2) is 5.16. The van der Waals surface area contributed by atoms with E-state index in [0.29, 0.717) is 13.1 Å². The molecule has 0 aromatic carbocycles. The first-order chi connectivity index (χ1) is 8.60. The number of nitrogens with zero attached hydrogens (tertiary/aromatic N) is 2. The number of likely N-dealkylation sites (tertiary alicyclic amines) is 1. The van der Waals surface area contributed by atoms with Crippen LogP contribution < -0.4 is 0 Å². The van der Waals surface area contributed by atoms with Gasteiger partial charge in [-0.15, -0.1) is 0 Å². The van der Waals surface area contributed by atoms with Gasteiger partial charge in [0, 0.05) is 19.2 Å². The summed E-state index contributed by atoms with van der Waals surface area (Å²) >= 11 is 0. The molecular formula is C13H16N2O3. The van der Waals surface area contributed by atoms with Crippen LogP contribution >= 0.6 is 0 Å². The average molecular weight is 248 g/mol. The van der Waals surface area contributed by atoms with E-state index < -0.39 is 0 Å². The van der Waals surface area contributed by atoms with Crippen molar-refractivity contribution < 1.29 is 14.3 Å². The van der Waals surface area contributed by atoms with Crippen LogP contribution in [0.5, 0.6) is 0 Å². The third-order valence-electron chi connectivity index (χ3n) is 3.07. The molecule has 0 saturated carbocycles. The SMILES string of the molecule is COC(=O)C1CC(=O)N(Cc2ccc(C)cn2)C1. The highest BCUT2D eigenvalue weighted by molar-refractivity contribution is 5.86. The Labute approximate surface area is 106 Å². The Hall–Kier alpha value is -1.91. The third kappa shape index (κ3) is 2.67. The van der Waals surface area contributed by atoms with Crippen LogP contribution in [0.25, 0.3) is 0 Å². The fourth-order valence-electron chi connectivity index (χ4n) is 2.04. The molecule has 96 valence electrons. The van der Waals surface area contributed by atoms with Crippen molar-refractivity contribution in [3.05, 3.63) is 29.6 Å². The van der Waals surface area contributed by atoms with E-state index in [1.807, 2.05) is 19.1 Å². The van der Waals surface area contributed by atoms with E-state index in [4.69, 9.17) is 0 Å². The van der Waals surface area contributed by atoms with E-state index in [1.54, 1.807) is 11.1 Å². The monoisotopic (exact) mass is 248 g/mol. The van der Waals surface area contributed by atoms with Crippen LogP contribution in [0.1, 0.15) is 17.7 Å². The summed E-state index contributed by atoms with van der Waals surface area (Å²) < 4.78 is 4.66.